The van der Waals surface area contributed by atoms with Crippen LogP contribution < -0.4 is 10.0 Å². The van der Waals surface area contributed by atoms with E-state index in [1.807, 2.05) is 30.3 Å². The van der Waals surface area contributed by atoms with Crippen LogP contribution in [0.5, 0.6) is 0 Å². The Hall–Kier alpha value is -4.12. The van der Waals surface area contributed by atoms with Crippen molar-refractivity contribution in [2.75, 3.05) is 16.6 Å². The molecule has 5 aromatic rings. The van der Waals surface area contributed by atoms with Crippen LogP contribution in [-0.2, 0) is 10.0 Å². The van der Waals surface area contributed by atoms with Crippen molar-refractivity contribution in [3.05, 3.63) is 113 Å². The number of rotatable bonds is 8. The lowest BCUT2D eigenvalue weighted by molar-refractivity contribution is 0.276. The summed E-state index contributed by atoms with van der Waals surface area (Å²) in [6, 6.07) is 19.8. The molecule has 0 radical (unpaired) electrons. The molecule has 1 heterocycles. The zero-order valence-corrected chi connectivity index (χ0v) is 22.6. The molecule has 0 saturated heterocycles. The van der Waals surface area contributed by atoms with Gasteiger partial charge in [-0.1, -0.05) is 54.1 Å². The number of anilines is 2. The van der Waals surface area contributed by atoms with Crippen LogP contribution in [0.2, 0.25) is 5.02 Å². The van der Waals surface area contributed by atoms with Gasteiger partial charge >= 0.3 is 0 Å². The summed E-state index contributed by atoms with van der Waals surface area (Å²) in [5.41, 5.74) is 1.12. The Balaban J connectivity index is 1.46. The van der Waals surface area contributed by atoms with E-state index >= 15 is 4.39 Å². The van der Waals surface area contributed by atoms with Gasteiger partial charge in [0.2, 0.25) is 5.95 Å². The number of hydrogen-bond acceptors (Lipinski definition) is 6. The summed E-state index contributed by atoms with van der Waals surface area (Å²) in [7, 11) is -4.21. The van der Waals surface area contributed by atoms with Gasteiger partial charge in [-0.3, -0.25) is 4.72 Å². The molecule has 0 aliphatic rings. The molecule has 3 N–H and O–H groups in total. The first kappa shape index (κ1) is 27.4. The maximum absolute atomic E-state index is 15.6. The van der Waals surface area contributed by atoms with Crippen molar-refractivity contribution in [1.29, 1.82) is 0 Å². The van der Waals surface area contributed by atoms with Crippen LogP contribution in [0.1, 0.15) is 17.2 Å². The Morgan fingerprint density at radius 2 is 1.77 bits per heavy atom. The Morgan fingerprint density at radius 3 is 2.52 bits per heavy atom. The molecule has 0 unspecified atom stereocenters. The highest BCUT2D eigenvalue weighted by molar-refractivity contribution is 7.92. The van der Waals surface area contributed by atoms with Crippen molar-refractivity contribution in [3.63, 3.8) is 0 Å². The van der Waals surface area contributed by atoms with E-state index in [-0.39, 0.29) is 28.0 Å². The molecule has 5 rings (SSSR count). The van der Waals surface area contributed by atoms with Gasteiger partial charge < -0.3 is 10.4 Å². The molecule has 0 amide bonds. The standard InChI is InChI=1S/C29H23ClF2N4O3S/c1-17-7-9-21(30)14-26(17)40(38,39)36-24-12-10-22(31)27(28(24)32)19-8-11-23-20(13-19)15-33-29(34-23)35-25(16-37)18-5-3-2-4-6-18/h2-15,25,36-37H,16H2,1H3,(H,33,34,35)/t25-/m0/s1. The van der Waals surface area contributed by atoms with Gasteiger partial charge in [-0.15, -0.1) is 0 Å². The van der Waals surface area contributed by atoms with Crippen LogP contribution in [0, 0.1) is 18.6 Å². The fourth-order valence-corrected chi connectivity index (χ4v) is 5.86. The summed E-state index contributed by atoms with van der Waals surface area (Å²) in [6.07, 6.45) is 1.50. The van der Waals surface area contributed by atoms with E-state index in [1.165, 1.54) is 30.5 Å². The summed E-state index contributed by atoms with van der Waals surface area (Å²) in [6.45, 7) is 1.40. The lowest BCUT2D eigenvalue weighted by atomic mass is 10.0. The molecule has 204 valence electrons. The molecule has 0 bridgehead atoms. The van der Waals surface area contributed by atoms with Gasteiger partial charge in [0.1, 0.15) is 5.82 Å². The largest absolute Gasteiger partial charge is 0.394 e. The summed E-state index contributed by atoms with van der Waals surface area (Å²) >= 11 is 5.96. The van der Waals surface area contributed by atoms with Crippen LogP contribution in [0.3, 0.4) is 0 Å². The summed E-state index contributed by atoms with van der Waals surface area (Å²) in [5, 5.41) is 13.6. The summed E-state index contributed by atoms with van der Waals surface area (Å²) in [5.74, 6) is -1.67. The van der Waals surface area contributed by atoms with Crippen molar-refractivity contribution >= 4 is 44.2 Å². The SMILES string of the molecule is Cc1ccc(Cl)cc1S(=O)(=O)Nc1ccc(F)c(-c2ccc3nc(N[C@@H](CO)c4ccccc4)ncc3c2)c1F. The molecule has 7 nitrogen and oxygen atoms in total. The minimum atomic E-state index is -4.21. The molecule has 11 heteroatoms. The van der Waals surface area contributed by atoms with Gasteiger partial charge in [-0.2, -0.15) is 0 Å². The Labute approximate surface area is 234 Å². The highest BCUT2D eigenvalue weighted by Crippen LogP contribution is 2.34. The third kappa shape index (κ3) is 5.60. The first-order valence-electron chi connectivity index (χ1n) is 12.1. The molecular formula is C29H23ClF2N4O3S. The van der Waals surface area contributed by atoms with Crippen LogP contribution in [0.25, 0.3) is 22.0 Å². The summed E-state index contributed by atoms with van der Waals surface area (Å²) in [4.78, 5) is 8.63. The van der Waals surface area contributed by atoms with E-state index in [0.29, 0.717) is 16.5 Å². The first-order chi connectivity index (χ1) is 19.2. The van der Waals surface area contributed by atoms with Crippen molar-refractivity contribution in [1.82, 2.24) is 9.97 Å². The molecule has 0 fully saturated rings. The number of halogens is 3. The lowest BCUT2D eigenvalue weighted by Crippen LogP contribution is -2.16. The highest BCUT2D eigenvalue weighted by atomic mass is 35.5. The number of aryl methyl sites for hydroxylation is 1. The number of hydrogen-bond donors (Lipinski definition) is 3. The predicted octanol–water partition coefficient (Wildman–Crippen LogP) is 6.48. The number of nitrogens with one attached hydrogen (secondary N) is 2. The number of aliphatic hydroxyl groups excluding tert-OH is 1. The molecule has 1 aromatic heterocycles. The number of fused-ring (bicyclic) bond motifs is 1. The van der Waals surface area contributed by atoms with E-state index in [2.05, 4.69) is 20.0 Å². The summed E-state index contributed by atoms with van der Waals surface area (Å²) < 4.78 is 58.7. The van der Waals surface area contributed by atoms with Gasteiger partial charge in [-0.25, -0.2) is 27.2 Å². The predicted molar refractivity (Wildman–Crippen MR) is 152 cm³/mol. The van der Waals surface area contributed by atoms with Gasteiger partial charge in [-0.05, 0) is 60.0 Å². The third-order valence-corrected chi connectivity index (χ3v) is 8.07. The van der Waals surface area contributed by atoms with E-state index in [1.54, 1.807) is 19.1 Å². The maximum Gasteiger partial charge on any atom is 0.262 e. The second kappa shape index (κ2) is 11.2. The zero-order valence-electron chi connectivity index (χ0n) is 21.1. The smallest absolute Gasteiger partial charge is 0.262 e. The van der Waals surface area contributed by atoms with Crippen LogP contribution in [-0.4, -0.2) is 30.1 Å². The van der Waals surface area contributed by atoms with Crippen molar-refractivity contribution in [2.45, 2.75) is 17.9 Å². The molecule has 0 aliphatic heterocycles. The monoisotopic (exact) mass is 580 g/mol. The molecule has 1 atom stereocenters. The van der Waals surface area contributed by atoms with E-state index in [9.17, 15) is 17.9 Å². The second-order valence-electron chi connectivity index (χ2n) is 9.06. The Bertz CT molecular complexity index is 1820. The van der Waals surface area contributed by atoms with E-state index in [0.717, 1.165) is 17.7 Å². The van der Waals surface area contributed by atoms with Gasteiger partial charge in [0, 0.05) is 16.6 Å². The minimum Gasteiger partial charge on any atom is -0.394 e. The molecule has 0 saturated carbocycles. The zero-order chi connectivity index (χ0) is 28.4. The maximum atomic E-state index is 15.6. The number of aliphatic hydroxyl groups is 1. The number of aromatic nitrogens is 2. The third-order valence-electron chi connectivity index (χ3n) is 6.33. The van der Waals surface area contributed by atoms with Crippen LogP contribution in [0.15, 0.2) is 90.0 Å². The van der Waals surface area contributed by atoms with Crippen molar-refractivity contribution in [3.8, 4) is 11.1 Å². The van der Waals surface area contributed by atoms with Gasteiger partial charge in [0.05, 0.1) is 34.3 Å². The van der Waals surface area contributed by atoms with Gasteiger partial charge in [0.15, 0.2) is 5.82 Å². The molecular weight excluding hydrogens is 558 g/mol. The molecule has 4 aromatic carbocycles. The topological polar surface area (TPSA) is 104 Å². The van der Waals surface area contributed by atoms with E-state index < -0.39 is 39.0 Å². The number of benzene rings is 4. The van der Waals surface area contributed by atoms with Crippen LogP contribution in [0.4, 0.5) is 20.4 Å². The minimum absolute atomic E-state index is 0.117. The van der Waals surface area contributed by atoms with Gasteiger partial charge in [0.25, 0.3) is 10.0 Å². The van der Waals surface area contributed by atoms with Crippen LogP contribution >= 0.6 is 11.6 Å². The van der Waals surface area contributed by atoms with Crippen molar-refractivity contribution in [2.24, 2.45) is 0 Å². The quantitative estimate of drug-likeness (QED) is 0.194. The first-order valence-corrected chi connectivity index (χ1v) is 14.0. The molecule has 40 heavy (non-hydrogen) atoms. The average Bonchev–Trinajstić information content (AvgIpc) is 2.95. The fourth-order valence-electron chi connectivity index (χ4n) is 4.29. The molecule has 0 spiro atoms. The highest BCUT2D eigenvalue weighted by Gasteiger charge is 2.23. The van der Waals surface area contributed by atoms with E-state index in [4.69, 9.17) is 11.6 Å². The molecule has 0 aliphatic carbocycles. The fraction of sp³-hybridized carbons (Fsp3) is 0.103. The number of nitrogens with zero attached hydrogens (tertiary/aromatic N) is 2. The van der Waals surface area contributed by atoms with Crippen molar-refractivity contribution < 1.29 is 22.3 Å². The second-order valence-corrected chi connectivity index (χ2v) is 11.1. The average molecular weight is 581 g/mol. The normalized spacial score (nSPS) is 12.3. The Morgan fingerprint density at radius 1 is 1.00 bits per heavy atom. The Kier molecular flexibility index (Phi) is 7.66. The lowest BCUT2D eigenvalue weighted by Gasteiger charge is -2.17. The number of sulfonamides is 1.